The number of likely N-dealkylation sites (tertiary alicyclic amines) is 2. The molecule has 2 amide bonds. The van der Waals surface area contributed by atoms with Gasteiger partial charge in [-0.1, -0.05) is 0 Å². The van der Waals surface area contributed by atoms with Crippen molar-refractivity contribution in [2.45, 2.75) is 38.3 Å². The third kappa shape index (κ3) is 4.62. The van der Waals surface area contributed by atoms with Gasteiger partial charge in [0.15, 0.2) is 0 Å². The number of benzene rings is 1. The fourth-order valence-corrected chi connectivity index (χ4v) is 4.03. The maximum absolute atomic E-state index is 13.4. The Hall–Kier alpha value is -2.06. The average molecular weight is 381 g/mol. The zero-order chi connectivity index (χ0) is 19.6. The smallest absolute Gasteiger partial charge is 0.225 e. The molecule has 0 bridgehead atoms. The maximum Gasteiger partial charge on any atom is 0.225 e. The summed E-state index contributed by atoms with van der Waals surface area (Å²) in [6, 6.07) is 3.29. The molecule has 2 aliphatic rings. The third-order valence-electron chi connectivity index (χ3n) is 5.56. The predicted molar refractivity (Wildman–Crippen MR) is 94.3 cm³/mol. The van der Waals surface area contributed by atoms with Crippen molar-refractivity contribution >= 4 is 11.8 Å². The van der Waals surface area contributed by atoms with Crippen LogP contribution in [0.2, 0.25) is 0 Å². The molecule has 0 aromatic heterocycles. The minimum absolute atomic E-state index is 0.0136. The van der Waals surface area contributed by atoms with E-state index >= 15 is 0 Å². The van der Waals surface area contributed by atoms with E-state index in [4.69, 9.17) is 5.73 Å². The summed E-state index contributed by atoms with van der Waals surface area (Å²) in [5.41, 5.74) is 5.58. The number of hydrogen-bond donors (Lipinski definition) is 2. The van der Waals surface area contributed by atoms with Crippen molar-refractivity contribution in [2.75, 3.05) is 26.2 Å². The number of aliphatic hydroxyl groups excluding tert-OH is 1. The van der Waals surface area contributed by atoms with Crippen LogP contribution in [0.1, 0.15) is 31.2 Å². The highest BCUT2D eigenvalue weighted by Crippen LogP contribution is 2.41. The number of hydrogen-bond acceptors (Lipinski definition) is 4. The van der Waals surface area contributed by atoms with E-state index in [9.17, 15) is 23.5 Å². The van der Waals surface area contributed by atoms with Gasteiger partial charge in [0, 0.05) is 50.6 Å². The largest absolute Gasteiger partial charge is 0.391 e. The molecule has 3 rings (SSSR count). The molecule has 6 nitrogen and oxygen atoms in total. The van der Waals surface area contributed by atoms with Crippen molar-refractivity contribution in [3.63, 3.8) is 0 Å². The van der Waals surface area contributed by atoms with Crippen LogP contribution in [-0.4, -0.2) is 59.0 Å². The SMILES string of the molecule is NC[C@@H](O)CC(=O)N1CCC2(CC1)CC(=O)N(Cc1cc(F)cc(F)c1)C2. The molecule has 1 spiro atoms. The van der Waals surface area contributed by atoms with Crippen molar-refractivity contribution in [2.24, 2.45) is 11.1 Å². The van der Waals surface area contributed by atoms with E-state index in [0.717, 1.165) is 6.07 Å². The van der Waals surface area contributed by atoms with E-state index in [1.807, 2.05) is 0 Å². The number of amides is 2. The van der Waals surface area contributed by atoms with Gasteiger partial charge in [-0.25, -0.2) is 8.78 Å². The molecule has 0 radical (unpaired) electrons. The molecular weight excluding hydrogens is 356 g/mol. The second-order valence-electron chi connectivity index (χ2n) is 7.68. The number of carbonyl (C=O) groups is 2. The Bertz CT molecular complexity index is 700. The first-order valence-corrected chi connectivity index (χ1v) is 9.19. The van der Waals surface area contributed by atoms with Crippen molar-refractivity contribution in [1.29, 1.82) is 0 Å². The van der Waals surface area contributed by atoms with Crippen LogP contribution in [0.3, 0.4) is 0 Å². The lowest BCUT2D eigenvalue weighted by atomic mass is 9.77. The molecule has 1 aromatic rings. The van der Waals surface area contributed by atoms with Crippen molar-refractivity contribution in [3.8, 4) is 0 Å². The van der Waals surface area contributed by atoms with Crippen LogP contribution in [0.4, 0.5) is 8.78 Å². The Kier molecular flexibility index (Phi) is 5.76. The number of nitrogens with zero attached hydrogens (tertiary/aromatic N) is 2. The van der Waals surface area contributed by atoms with Gasteiger partial charge in [0.1, 0.15) is 11.6 Å². The third-order valence-corrected chi connectivity index (χ3v) is 5.56. The summed E-state index contributed by atoms with van der Waals surface area (Å²) in [5.74, 6) is -1.46. The van der Waals surface area contributed by atoms with Gasteiger partial charge in [0.2, 0.25) is 11.8 Å². The topological polar surface area (TPSA) is 86.9 Å². The molecule has 0 saturated carbocycles. The number of halogens is 2. The van der Waals surface area contributed by atoms with Gasteiger partial charge in [0.05, 0.1) is 12.5 Å². The second-order valence-corrected chi connectivity index (χ2v) is 7.68. The van der Waals surface area contributed by atoms with Gasteiger partial charge in [-0.2, -0.15) is 0 Å². The van der Waals surface area contributed by atoms with Crippen LogP contribution in [0.25, 0.3) is 0 Å². The summed E-state index contributed by atoms with van der Waals surface area (Å²) in [6.07, 6.45) is 0.954. The summed E-state index contributed by atoms with van der Waals surface area (Å²) < 4.78 is 26.8. The Labute approximate surface area is 156 Å². The lowest BCUT2D eigenvalue weighted by molar-refractivity contribution is -0.135. The summed E-state index contributed by atoms with van der Waals surface area (Å²) in [7, 11) is 0. The highest BCUT2D eigenvalue weighted by Gasteiger charge is 2.45. The molecule has 1 atom stereocenters. The fraction of sp³-hybridized carbons (Fsp3) is 0.579. The van der Waals surface area contributed by atoms with Gasteiger partial charge in [-0.3, -0.25) is 9.59 Å². The minimum Gasteiger partial charge on any atom is -0.391 e. The molecular formula is C19H25F2N3O3. The first-order valence-electron chi connectivity index (χ1n) is 9.19. The fourth-order valence-electron chi connectivity index (χ4n) is 4.03. The molecule has 0 aliphatic carbocycles. The molecule has 148 valence electrons. The average Bonchev–Trinajstić information content (AvgIpc) is 2.89. The van der Waals surface area contributed by atoms with Gasteiger partial charge < -0.3 is 20.6 Å². The monoisotopic (exact) mass is 381 g/mol. The van der Waals surface area contributed by atoms with Gasteiger partial charge in [-0.05, 0) is 30.5 Å². The lowest BCUT2D eigenvalue weighted by Gasteiger charge is -2.39. The number of nitrogens with two attached hydrogens (primary N) is 1. The molecule has 2 saturated heterocycles. The first-order chi connectivity index (χ1) is 12.8. The number of carbonyl (C=O) groups excluding carboxylic acids is 2. The Balaban J connectivity index is 1.58. The van der Waals surface area contributed by atoms with E-state index in [1.165, 1.54) is 12.1 Å². The van der Waals surface area contributed by atoms with Gasteiger partial charge in [0.25, 0.3) is 0 Å². The van der Waals surface area contributed by atoms with Crippen molar-refractivity contribution < 1.29 is 23.5 Å². The Morgan fingerprint density at radius 1 is 1.22 bits per heavy atom. The highest BCUT2D eigenvalue weighted by molar-refractivity contribution is 5.80. The maximum atomic E-state index is 13.4. The molecule has 2 aliphatic heterocycles. The van der Waals surface area contributed by atoms with E-state index < -0.39 is 17.7 Å². The molecule has 3 N–H and O–H groups in total. The van der Waals surface area contributed by atoms with Crippen molar-refractivity contribution in [1.82, 2.24) is 9.80 Å². The Morgan fingerprint density at radius 2 is 1.85 bits per heavy atom. The van der Waals surface area contributed by atoms with Crippen molar-refractivity contribution in [3.05, 3.63) is 35.4 Å². The van der Waals surface area contributed by atoms with Crippen LogP contribution in [0.5, 0.6) is 0 Å². The van der Waals surface area contributed by atoms with E-state index in [-0.39, 0.29) is 36.7 Å². The molecule has 2 fully saturated rings. The van der Waals surface area contributed by atoms with Crippen LogP contribution in [-0.2, 0) is 16.1 Å². The summed E-state index contributed by atoms with van der Waals surface area (Å²) in [4.78, 5) is 27.9. The molecule has 2 heterocycles. The van der Waals surface area contributed by atoms with Crippen LogP contribution in [0, 0.1) is 17.0 Å². The zero-order valence-electron chi connectivity index (χ0n) is 15.2. The van der Waals surface area contributed by atoms with Crippen LogP contribution in [0.15, 0.2) is 18.2 Å². The highest BCUT2D eigenvalue weighted by atomic mass is 19.1. The molecule has 8 heteroatoms. The number of aliphatic hydroxyl groups is 1. The van der Waals surface area contributed by atoms with E-state index in [2.05, 4.69) is 0 Å². The normalized spacial score (nSPS) is 20.4. The number of piperidine rings is 1. The van der Waals surface area contributed by atoms with Gasteiger partial charge in [-0.15, -0.1) is 0 Å². The number of rotatable bonds is 5. The van der Waals surface area contributed by atoms with Crippen LogP contribution < -0.4 is 5.73 Å². The van der Waals surface area contributed by atoms with Gasteiger partial charge >= 0.3 is 0 Å². The minimum atomic E-state index is -0.830. The van der Waals surface area contributed by atoms with E-state index in [0.29, 0.717) is 44.5 Å². The second kappa shape index (κ2) is 7.90. The lowest BCUT2D eigenvalue weighted by Crippen LogP contribution is -2.45. The molecule has 0 unspecified atom stereocenters. The summed E-state index contributed by atoms with van der Waals surface area (Å²) in [6.45, 7) is 1.82. The van der Waals surface area contributed by atoms with E-state index in [1.54, 1.807) is 9.80 Å². The Morgan fingerprint density at radius 3 is 2.44 bits per heavy atom. The summed E-state index contributed by atoms with van der Waals surface area (Å²) >= 11 is 0. The standard InChI is InChI=1S/C19H25F2N3O3/c20-14-5-13(6-15(21)7-14)11-24-12-19(9-18(24)27)1-3-23(4-2-19)17(26)8-16(25)10-22/h5-7,16,25H,1-4,8-12,22H2/t16-/m0/s1. The first kappa shape index (κ1) is 19.7. The molecule has 1 aromatic carbocycles. The molecule has 27 heavy (non-hydrogen) atoms. The quantitative estimate of drug-likeness (QED) is 0.797. The summed E-state index contributed by atoms with van der Waals surface area (Å²) in [5, 5.41) is 9.54. The van der Waals surface area contributed by atoms with Crippen LogP contribution >= 0.6 is 0 Å². The zero-order valence-corrected chi connectivity index (χ0v) is 15.2. The predicted octanol–water partition coefficient (Wildman–Crippen LogP) is 1.02.